The molecule has 0 bridgehead atoms. The molecule has 3 N–H and O–H groups in total. The van der Waals surface area contributed by atoms with Crippen molar-refractivity contribution in [2.24, 2.45) is 0 Å². The molecule has 0 aliphatic rings. The fourth-order valence-corrected chi connectivity index (χ4v) is 0.0471. The van der Waals surface area contributed by atoms with Crippen LogP contribution in [0.5, 0.6) is 0 Å². The van der Waals surface area contributed by atoms with Gasteiger partial charge >= 0.3 is 0 Å². The molecule has 0 amide bonds. The molecular weight excluding hydrogens is 85.0 g/mol. The summed E-state index contributed by atoms with van der Waals surface area (Å²) in [5.41, 5.74) is 0. The highest BCUT2D eigenvalue weighted by molar-refractivity contribution is 4.43. The third-order valence-corrected chi connectivity index (χ3v) is 0.359. The van der Waals surface area contributed by atoms with Gasteiger partial charge in [-0.25, -0.2) is 0 Å². The topological polar surface area (TPSA) is 60.7 Å². The molecule has 0 aromatic carbocycles. The van der Waals surface area contributed by atoms with E-state index < -0.39 is 19.3 Å². The largest absolute Gasteiger partial charge is 0.394 e. The summed E-state index contributed by atoms with van der Waals surface area (Å²) in [7, 11) is 0. The lowest BCUT2D eigenvalue weighted by atomic mass is 10.6. The first-order valence-electron chi connectivity index (χ1n) is 2.15. The summed E-state index contributed by atoms with van der Waals surface area (Å²) in [6.45, 7) is -2.14. The number of aliphatic hydroxyl groups is 3. The number of aliphatic hydroxyl groups excluding tert-OH is 3. The average molecular weight is 94.1 g/mol. The molecule has 38 valence electrons. The minimum atomic E-state index is -1.58. The van der Waals surface area contributed by atoms with Gasteiger partial charge in [-0.1, -0.05) is 0 Å². The van der Waals surface area contributed by atoms with Crippen LogP contribution in [0.2, 0.25) is 0 Å². The maximum absolute atomic E-state index is 8.25. The van der Waals surface area contributed by atoms with Crippen LogP contribution in [0.25, 0.3) is 0 Å². The molecule has 6 heavy (non-hydrogen) atoms. The van der Waals surface area contributed by atoms with Crippen molar-refractivity contribution in [2.45, 2.75) is 6.10 Å². The minimum Gasteiger partial charge on any atom is -0.394 e. The number of hydrogen-bond acceptors (Lipinski definition) is 3. The van der Waals surface area contributed by atoms with E-state index in [9.17, 15) is 0 Å². The minimum absolute atomic E-state index is 0.565. The van der Waals surface area contributed by atoms with Crippen LogP contribution >= 0.6 is 0 Å². The van der Waals surface area contributed by atoms with Gasteiger partial charge in [0.1, 0.15) is 6.10 Å². The summed E-state index contributed by atoms with van der Waals surface area (Å²) in [4.78, 5) is 0. The Morgan fingerprint density at radius 1 is 1.67 bits per heavy atom. The van der Waals surface area contributed by atoms with Crippen LogP contribution in [-0.2, 0) is 0 Å². The van der Waals surface area contributed by atoms with Crippen LogP contribution in [0.15, 0.2) is 0 Å². The second-order valence-electron chi connectivity index (χ2n) is 0.899. The standard InChI is InChI=1S/C3H8O3/c4-1-3(6)2-5/h3-6H,1-2H2/i1+1D/t1-,3+/m0/s1. The summed E-state index contributed by atoms with van der Waals surface area (Å²) in [6, 6.07) is 0. The van der Waals surface area contributed by atoms with E-state index in [0.29, 0.717) is 0 Å². The molecule has 0 aliphatic carbocycles. The molecule has 3 heteroatoms. The van der Waals surface area contributed by atoms with Crippen LogP contribution in [0.1, 0.15) is 1.37 Å². The maximum atomic E-state index is 8.25. The van der Waals surface area contributed by atoms with E-state index in [1.165, 1.54) is 0 Å². The second-order valence-corrected chi connectivity index (χ2v) is 0.899. The lowest BCUT2D eigenvalue weighted by molar-refractivity contribution is 0.0450. The SMILES string of the molecule is [2H][13C@H](O)[C@@H](O)CO. The Morgan fingerprint density at radius 3 is 2.17 bits per heavy atom. The first kappa shape index (κ1) is 4.05. The van der Waals surface area contributed by atoms with Gasteiger partial charge in [0, 0.05) is 0 Å². The molecule has 0 rings (SSSR count). The number of rotatable bonds is 2. The lowest BCUT2D eigenvalue weighted by Crippen LogP contribution is -2.15. The van der Waals surface area contributed by atoms with Gasteiger partial charge in [-0.15, -0.1) is 0 Å². The molecule has 3 nitrogen and oxygen atoms in total. The molecule has 0 radical (unpaired) electrons. The fraction of sp³-hybridized carbons (Fsp3) is 1.00. The molecule has 0 aromatic heterocycles. The quantitative estimate of drug-likeness (QED) is 0.359. The Kier molecular flexibility index (Phi) is 2.08. The van der Waals surface area contributed by atoms with Gasteiger partial charge in [-0.05, 0) is 0 Å². The van der Waals surface area contributed by atoms with Crippen LogP contribution in [-0.4, -0.2) is 34.6 Å². The molecule has 0 unspecified atom stereocenters. The van der Waals surface area contributed by atoms with Gasteiger partial charge < -0.3 is 15.3 Å². The van der Waals surface area contributed by atoms with Crippen LogP contribution in [0.3, 0.4) is 0 Å². The predicted molar refractivity (Wildman–Crippen MR) is 20.2 cm³/mol. The van der Waals surface area contributed by atoms with Crippen molar-refractivity contribution in [3.8, 4) is 0 Å². The molecule has 0 fully saturated rings. The highest BCUT2D eigenvalue weighted by Gasteiger charge is 1.93. The van der Waals surface area contributed by atoms with E-state index in [1.807, 2.05) is 0 Å². The Labute approximate surface area is 37.3 Å². The van der Waals surface area contributed by atoms with Gasteiger partial charge in [-0.3, -0.25) is 0 Å². The maximum Gasteiger partial charge on any atom is 0.100 e. The van der Waals surface area contributed by atoms with Crippen molar-refractivity contribution < 1.29 is 16.7 Å². The zero-order chi connectivity index (χ0) is 5.86. The van der Waals surface area contributed by atoms with Crippen LogP contribution in [0, 0.1) is 0 Å². The zero-order valence-corrected chi connectivity index (χ0v) is 3.20. The Bertz CT molecular complexity index is 47.4. The van der Waals surface area contributed by atoms with Crippen molar-refractivity contribution in [1.82, 2.24) is 0 Å². The van der Waals surface area contributed by atoms with Gasteiger partial charge in [0.25, 0.3) is 0 Å². The lowest BCUT2D eigenvalue weighted by Gasteiger charge is -1.96. The average Bonchev–Trinajstić information content (AvgIpc) is 1.65. The van der Waals surface area contributed by atoms with Gasteiger partial charge in [0.2, 0.25) is 0 Å². The van der Waals surface area contributed by atoms with Crippen molar-refractivity contribution in [1.29, 1.82) is 0 Å². The molecular formula is C3H8O3. The molecule has 0 saturated heterocycles. The summed E-state index contributed by atoms with van der Waals surface area (Å²) in [5, 5.41) is 24.3. The van der Waals surface area contributed by atoms with E-state index in [1.54, 1.807) is 0 Å². The molecule has 0 heterocycles. The molecule has 0 aromatic rings. The predicted octanol–water partition coefficient (Wildman–Crippen LogP) is -1.67. The molecule has 0 aliphatic heterocycles. The van der Waals surface area contributed by atoms with Gasteiger partial charge in [-0.2, -0.15) is 0 Å². The van der Waals surface area contributed by atoms with Crippen molar-refractivity contribution in [3.63, 3.8) is 0 Å². The van der Waals surface area contributed by atoms with E-state index >= 15 is 0 Å². The summed E-state index contributed by atoms with van der Waals surface area (Å²) in [5.74, 6) is 0. The van der Waals surface area contributed by atoms with Crippen molar-refractivity contribution >= 4 is 0 Å². The highest BCUT2D eigenvalue weighted by atomic mass is 16.4. The summed E-state index contributed by atoms with van der Waals surface area (Å²) in [6.07, 6.45) is -1.32. The first-order chi connectivity index (χ1) is 3.18. The van der Waals surface area contributed by atoms with E-state index in [2.05, 4.69) is 0 Å². The summed E-state index contributed by atoms with van der Waals surface area (Å²) >= 11 is 0. The Hall–Kier alpha value is -0.120. The fourth-order valence-electron chi connectivity index (χ4n) is 0.0471. The normalized spacial score (nSPS) is 22.2. The smallest absolute Gasteiger partial charge is 0.100 e. The van der Waals surface area contributed by atoms with Crippen molar-refractivity contribution in [2.75, 3.05) is 13.2 Å². The van der Waals surface area contributed by atoms with Crippen LogP contribution < -0.4 is 0 Å². The number of hydrogen-bond donors (Lipinski definition) is 3. The summed E-state index contributed by atoms with van der Waals surface area (Å²) < 4.78 is 6.33. The Balaban J connectivity index is 3.14. The zero-order valence-electron chi connectivity index (χ0n) is 4.20. The Morgan fingerprint density at radius 2 is 2.17 bits per heavy atom. The second kappa shape index (κ2) is 3.08. The van der Waals surface area contributed by atoms with E-state index in [4.69, 9.17) is 16.7 Å². The monoisotopic (exact) mass is 94.1 g/mol. The highest BCUT2D eigenvalue weighted by Crippen LogP contribution is 1.71. The third kappa shape index (κ3) is 2.14. The van der Waals surface area contributed by atoms with E-state index in [-0.39, 0.29) is 0 Å². The molecule has 2 atom stereocenters. The first-order valence-corrected chi connectivity index (χ1v) is 1.57. The van der Waals surface area contributed by atoms with Crippen LogP contribution in [0.4, 0.5) is 0 Å². The van der Waals surface area contributed by atoms with E-state index in [0.717, 1.165) is 0 Å². The molecule has 0 saturated carbocycles. The van der Waals surface area contributed by atoms with Gasteiger partial charge in [0.15, 0.2) is 0 Å². The molecule has 0 spiro atoms. The van der Waals surface area contributed by atoms with Gasteiger partial charge in [0.05, 0.1) is 14.6 Å². The third-order valence-electron chi connectivity index (χ3n) is 0.359. The van der Waals surface area contributed by atoms with Crippen molar-refractivity contribution in [3.05, 3.63) is 0 Å².